The van der Waals surface area contributed by atoms with Gasteiger partial charge in [-0.25, -0.2) is 0 Å². The first kappa shape index (κ1) is 17.6. The molecular formula is C19H22ClN3O2. The van der Waals surface area contributed by atoms with Gasteiger partial charge in [0.25, 0.3) is 5.91 Å². The van der Waals surface area contributed by atoms with Gasteiger partial charge in [-0.05, 0) is 49.5 Å². The lowest BCUT2D eigenvalue weighted by molar-refractivity contribution is 0.0925. The predicted octanol–water partition coefficient (Wildman–Crippen LogP) is 4.23. The molecule has 3 rings (SSSR count). The highest BCUT2D eigenvalue weighted by Crippen LogP contribution is 2.22. The molecule has 0 aliphatic rings. The number of aromatic nitrogens is 1. The molecule has 2 heterocycles. The second kappa shape index (κ2) is 7.76. The zero-order valence-corrected chi connectivity index (χ0v) is 15.1. The highest BCUT2D eigenvalue weighted by atomic mass is 35.5. The SMILES string of the molecule is CCN(CC)C(CNC(=O)c1cc2cc(Cl)ccc2[nH]1)c1ccco1. The van der Waals surface area contributed by atoms with Crippen molar-refractivity contribution in [3.05, 3.63) is 59.1 Å². The number of benzene rings is 1. The van der Waals surface area contributed by atoms with Crippen LogP contribution in [-0.4, -0.2) is 35.4 Å². The maximum Gasteiger partial charge on any atom is 0.267 e. The molecule has 0 bridgehead atoms. The number of likely N-dealkylation sites (N-methyl/N-ethyl adjacent to an activating group) is 1. The summed E-state index contributed by atoms with van der Waals surface area (Å²) in [6, 6.07) is 11.1. The average Bonchev–Trinajstić information content (AvgIpc) is 3.27. The summed E-state index contributed by atoms with van der Waals surface area (Å²) in [6.45, 7) is 6.43. The quantitative estimate of drug-likeness (QED) is 0.663. The number of hydrogen-bond donors (Lipinski definition) is 2. The van der Waals surface area contributed by atoms with Crippen LogP contribution < -0.4 is 5.32 Å². The van der Waals surface area contributed by atoms with E-state index in [0.717, 1.165) is 29.8 Å². The van der Waals surface area contributed by atoms with Crippen molar-refractivity contribution < 1.29 is 9.21 Å². The Morgan fingerprint density at radius 2 is 2.08 bits per heavy atom. The van der Waals surface area contributed by atoms with Crippen molar-refractivity contribution in [2.45, 2.75) is 19.9 Å². The van der Waals surface area contributed by atoms with Crippen molar-refractivity contribution in [3.8, 4) is 0 Å². The molecule has 3 aromatic rings. The summed E-state index contributed by atoms with van der Waals surface area (Å²) >= 11 is 6.00. The summed E-state index contributed by atoms with van der Waals surface area (Å²) in [6.07, 6.45) is 1.66. The van der Waals surface area contributed by atoms with Crippen molar-refractivity contribution in [1.29, 1.82) is 0 Å². The standard InChI is InChI=1S/C19H22ClN3O2/c1-3-23(4-2)17(18-6-5-9-25-18)12-21-19(24)16-11-13-10-14(20)7-8-15(13)22-16/h5-11,17,22H,3-4,12H2,1-2H3,(H,21,24). The van der Waals surface area contributed by atoms with Gasteiger partial charge in [-0.3, -0.25) is 9.69 Å². The molecule has 5 nitrogen and oxygen atoms in total. The van der Waals surface area contributed by atoms with Crippen LogP contribution in [0, 0.1) is 0 Å². The Hall–Kier alpha value is -2.24. The van der Waals surface area contributed by atoms with Gasteiger partial charge >= 0.3 is 0 Å². The maximum atomic E-state index is 12.5. The van der Waals surface area contributed by atoms with Crippen LogP contribution in [0.15, 0.2) is 47.1 Å². The average molecular weight is 360 g/mol. The molecule has 0 saturated carbocycles. The number of furan rings is 1. The zero-order chi connectivity index (χ0) is 17.8. The Bertz CT molecular complexity index is 838. The third-order valence-corrected chi connectivity index (χ3v) is 4.64. The highest BCUT2D eigenvalue weighted by Gasteiger charge is 2.22. The molecule has 25 heavy (non-hydrogen) atoms. The normalized spacial score (nSPS) is 12.6. The van der Waals surface area contributed by atoms with E-state index in [1.807, 2.05) is 30.3 Å². The molecule has 1 aromatic carbocycles. The number of H-pyrrole nitrogens is 1. The Morgan fingerprint density at radius 1 is 1.28 bits per heavy atom. The van der Waals surface area contributed by atoms with E-state index in [2.05, 4.69) is 29.0 Å². The number of rotatable bonds is 7. The van der Waals surface area contributed by atoms with Gasteiger partial charge < -0.3 is 14.7 Å². The molecule has 2 aromatic heterocycles. The molecule has 0 spiro atoms. The van der Waals surface area contributed by atoms with Crippen LogP contribution in [0.2, 0.25) is 5.02 Å². The van der Waals surface area contributed by atoms with E-state index in [-0.39, 0.29) is 11.9 Å². The number of halogens is 1. The van der Waals surface area contributed by atoms with Gasteiger partial charge in [-0.1, -0.05) is 25.4 Å². The lowest BCUT2D eigenvalue weighted by atomic mass is 10.2. The van der Waals surface area contributed by atoms with Gasteiger partial charge in [-0.15, -0.1) is 0 Å². The van der Waals surface area contributed by atoms with Crippen molar-refractivity contribution >= 4 is 28.4 Å². The molecule has 0 aliphatic heterocycles. The first-order valence-electron chi connectivity index (χ1n) is 8.46. The minimum absolute atomic E-state index is 0.00720. The van der Waals surface area contributed by atoms with E-state index in [1.165, 1.54) is 0 Å². The predicted molar refractivity (Wildman–Crippen MR) is 100 cm³/mol. The first-order chi connectivity index (χ1) is 12.1. The molecule has 0 saturated heterocycles. The second-order valence-corrected chi connectivity index (χ2v) is 6.31. The summed E-state index contributed by atoms with van der Waals surface area (Å²) in [5.41, 5.74) is 1.41. The highest BCUT2D eigenvalue weighted by molar-refractivity contribution is 6.31. The number of hydrogen-bond acceptors (Lipinski definition) is 3. The topological polar surface area (TPSA) is 61.3 Å². The summed E-state index contributed by atoms with van der Waals surface area (Å²) in [5, 5.41) is 4.58. The molecule has 2 N–H and O–H groups in total. The van der Waals surface area contributed by atoms with Crippen LogP contribution in [0.25, 0.3) is 10.9 Å². The molecule has 1 unspecified atom stereocenters. The number of fused-ring (bicyclic) bond motifs is 1. The first-order valence-corrected chi connectivity index (χ1v) is 8.84. The monoisotopic (exact) mass is 359 g/mol. The minimum Gasteiger partial charge on any atom is -0.468 e. The van der Waals surface area contributed by atoms with E-state index in [9.17, 15) is 4.79 Å². The zero-order valence-electron chi connectivity index (χ0n) is 14.4. The van der Waals surface area contributed by atoms with Crippen LogP contribution in [-0.2, 0) is 0 Å². The number of carbonyl (C=O) groups is 1. The fourth-order valence-electron chi connectivity index (χ4n) is 3.07. The smallest absolute Gasteiger partial charge is 0.267 e. The molecule has 6 heteroatoms. The minimum atomic E-state index is -0.143. The van der Waals surface area contributed by atoms with Crippen LogP contribution in [0.3, 0.4) is 0 Å². The number of aromatic amines is 1. The number of nitrogens with one attached hydrogen (secondary N) is 2. The van der Waals surface area contributed by atoms with Crippen LogP contribution >= 0.6 is 11.6 Å². The van der Waals surface area contributed by atoms with Gasteiger partial charge in [0.2, 0.25) is 0 Å². The van der Waals surface area contributed by atoms with Gasteiger partial charge in [0.05, 0.1) is 12.3 Å². The second-order valence-electron chi connectivity index (χ2n) is 5.88. The third kappa shape index (κ3) is 3.89. The molecule has 0 radical (unpaired) electrons. The van der Waals surface area contributed by atoms with E-state index >= 15 is 0 Å². The van der Waals surface area contributed by atoms with Gasteiger partial charge in [0, 0.05) is 22.5 Å². The Morgan fingerprint density at radius 3 is 2.76 bits per heavy atom. The van der Waals surface area contributed by atoms with Crippen LogP contribution in [0.5, 0.6) is 0 Å². The Balaban J connectivity index is 1.74. The van der Waals surface area contributed by atoms with Crippen molar-refractivity contribution in [2.24, 2.45) is 0 Å². The summed E-state index contributed by atoms with van der Waals surface area (Å²) in [4.78, 5) is 17.9. The third-order valence-electron chi connectivity index (χ3n) is 4.41. The van der Waals surface area contributed by atoms with E-state index in [1.54, 1.807) is 12.3 Å². The lowest BCUT2D eigenvalue weighted by Crippen LogP contribution is -2.38. The van der Waals surface area contributed by atoms with Gasteiger partial charge in [0.1, 0.15) is 11.5 Å². The summed E-state index contributed by atoms with van der Waals surface area (Å²) < 4.78 is 5.56. The Labute approximate surface area is 152 Å². The largest absolute Gasteiger partial charge is 0.468 e. The molecule has 1 atom stereocenters. The van der Waals surface area contributed by atoms with Gasteiger partial charge in [0.15, 0.2) is 0 Å². The van der Waals surface area contributed by atoms with E-state index < -0.39 is 0 Å². The number of carbonyl (C=O) groups excluding carboxylic acids is 1. The summed E-state index contributed by atoms with van der Waals surface area (Å²) in [5.74, 6) is 0.712. The number of amides is 1. The van der Waals surface area contributed by atoms with Crippen LogP contribution in [0.4, 0.5) is 0 Å². The molecule has 0 aliphatic carbocycles. The molecule has 0 fully saturated rings. The van der Waals surface area contributed by atoms with E-state index in [4.69, 9.17) is 16.0 Å². The molecular weight excluding hydrogens is 338 g/mol. The lowest BCUT2D eigenvalue weighted by Gasteiger charge is -2.28. The fourth-order valence-corrected chi connectivity index (χ4v) is 3.25. The fraction of sp³-hybridized carbons (Fsp3) is 0.316. The van der Waals surface area contributed by atoms with Crippen molar-refractivity contribution in [1.82, 2.24) is 15.2 Å². The van der Waals surface area contributed by atoms with E-state index in [0.29, 0.717) is 17.3 Å². The van der Waals surface area contributed by atoms with Crippen molar-refractivity contribution in [2.75, 3.05) is 19.6 Å². The maximum absolute atomic E-state index is 12.5. The van der Waals surface area contributed by atoms with Crippen LogP contribution in [0.1, 0.15) is 36.1 Å². The molecule has 132 valence electrons. The molecule has 1 amide bonds. The summed E-state index contributed by atoms with van der Waals surface area (Å²) in [7, 11) is 0. The van der Waals surface area contributed by atoms with Gasteiger partial charge in [-0.2, -0.15) is 0 Å². The number of nitrogens with zero attached hydrogens (tertiary/aromatic N) is 1. The van der Waals surface area contributed by atoms with Crippen molar-refractivity contribution in [3.63, 3.8) is 0 Å². The Kier molecular flexibility index (Phi) is 5.46.